The number of nitriles is 1. The average Bonchev–Trinajstić information content (AvgIpc) is 2.80. The molecule has 2 aromatic carbocycles. The number of methoxy groups -OCH3 is 1. The molecule has 0 aliphatic carbocycles. The lowest BCUT2D eigenvalue weighted by atomic mass is 9.94. The first-order valence-electron chi connectivity index (χ1n) is 9.31. The van der Waals surface area contributed by atoms with Gasteiger partial charge in [-0.25, -0.2) is 9.59 Å². The standard InChI is InChI=1S/C23H20N2O5/c1-29-23(28)20-12-18-4-2-3-5-19(18)14-25(20)21(26)15-30-22(27)11-10-16-6-8-17(13-24)9-7-16/h2-11,20H,12,14-15H2,1H3/b11-10+/t20-/m0/s1. The molecule has 1 atom stereocenters. The van der Waals surface area contributed by atoms with Gasteiger partial charge in [0.15, 0.2) is 6.61 Å². The summed E-state index contributed by atoms with van der Waals surface area (Å²) < 4.78 is 9.89. The minimum atomic E-state index is -0.759. The van der Waals surface area contributed by atoms with Gasteiger partial charge < -0.3 is 14.4 Å². The predicted octanol–water partition coefficient (Wildman–Crippen LogP) is 2.24. The fourth-order valence-electron chi connectivity index (χ4n) is 3.23. The van der Waals surface area contributed by atoms with Crippen LogP contribution in [-0.2, 0) is 36.8 Å². The van der Waals surface area contributed by atoms with Gasteiger partial charge in [-0.1, -0.05) is 36.4 Å². The summed E-state index contributed by atoms with van der Waals surface area (Å²) in [5.74, 6) is -1.66. The highest BCUT2D eigenvalue weighted by molar-refractivity contribution is 5.90. The van der Waals surface area contributed by atoms with Crippen molar-refractivity contribution in [1.29, 1.82) is 5.26 Å². The van der Waals surface area contributed by atoms with Crippen LogP contribution >= 0.6 is 0 Å². The van der Waals surface area contributed by atoms with Crippen LogP contribution in [0.4, 0.5) is 0 Å². The van der Waals surface area contributed by atoms with Gasteiger partial charge in [0.1, 0.15) is 6.04 Å². The molecule has 7 heteroatoms. The Morgan fingerprint density at radius 2 is 1.83 bits per heavy atom. The Bertz CT molecular complexity index is 1020. The van der Waals surface area contributed by atoms with Crippen LogP contribution in [0.25, 0.3) is 6.08 Å². The predicted molar refractivity (Wildman–Crippen MR) is 108 cm³/mol. The zero-order valence-electron chi connectivity index (χ0n) is 16.4. The molecule has 1 amide bonds. The Balaban J connectivity index is 1.62. The first-order valence-corrected chi connectivity index (χ1v) is 9.31. The normalized spacial score (nSPS) is 15.2. The monoisotopic (exact) mass is 404 g/mol. The lowest BCUT2D eigenvalue weighted by Crippen LogP contribution is -2.50. The van der Waals surface area contributed by atoms with Gasteiger partial charge in [0.25, 0.3) is 5.91 Å². The third-order valence-electron chi connectivity index (χ3n) is 4.83. The van der Waals surface area contributed by atoms with E-state index >= 15 is 0 Å². The zero-order valence-corrected chi connectivity index (χ0v) is 16.4. The van der Waals surface area contributed by atoms with Crippen molar-refractivity contribution in [3.05, 3.63) is 76.9 Å². The molecule has 0 unspecified atom stereocenters. The van der Waals surface area contributed by atoms with Crippen molar-refractivity contribution >= 4 is 23.9 Å². The highest BCUT2D eigenvalue weighted by Crippen LogP contribution is 2.24. The highest BCUT2D eigenvalue weighted by atomic mass is 16.5. The summed E-state index contributed by atoms with van der Waals surface area (Å²) in [6.07, 6.45) is 3.08. The van der Waals surface area contributed by atoms with Gasteiger partial charge in [-0.3, -0.25) is 4.79 Å². The van der Waals surface area contributed by atoms with Crippen LogP contribution in [0, 0.1) is 11.3 Å². The molecule has 1 heterocycles. The topological polar surface area (TPSA) is 96.7 Å². The summed E-state index contributed by atoms with van der Waals surface area (Å²) in [7, 11) is 1.28. The molecule has 0 bridgehead atoms. The van der Waals surface area contributed by atoms with Crippen molar-refractivity contribution in [1.82, 2.24) is 4.90 Å². The van der Waals surface area contributed by atoms with Gasteiger partial charge in [-0.05, 0) is 34.9 Å². The quantitative estimate of drug-likeness (QED) is 0.560. The molecule has 0 radical (unpaired) electrons. The molecule has 3 rings (SSSR count). The number of ether oxygens (including phenoxy) is 2. The van der Waals surface area contributed by atoms with Gasteiger partial charge in [0.2, 0.25) is 0 Å². The third-order valence-corrected chi connectivity index (χ3v) is 4.83. The summed E-state index contributed by atoms with van der Waals surface area (Å²) in [5.41, 5.74) is 3.16. The summed E-state index contributed by atoms with van der Waals surface area (Å²) >= 11 is 0. The molecule has 152 valence electrons. The van der Waals surface area contributed by atoms with Gasteiger partial charge in [0.05, 0.1) is 18.7 Å². The van der Waals surface area contributed by atoms with E-state index in [1.54, 1.807) is 24.3 Å². The lowest BCUT2D eigenvalue weighted by molar-refractivity contribution is -0.158. The van der Waals surface area contributed by atoms with Crippen molar-refractivity contribution in [2.75, 3.05) is 13.7 Å². The number of benzene rings is 2. The molecule has 0 fully saturated rings. The van der Waals surface area contributed by atoms with E-state index in [1.807, 2.05) is 30.3 Å². The Hall–Kier alpha value is -3.92. The van der Waals surface area contributed by atoms with Crippen molar-refractivity contribution < 1.29 is 23.9 Å². The van der Waals surface area contributed by atoms with E-state index in [0.29, 0.717) is 12.0 Å². The van der Waals surface area contributed by atoms with Crippen LogP contribution in [0.3, 0.4) is 0 Å². The van der Waals surface area contributed by atoms with Crippen LogP contribution in [0.15, 0.2) is 54.6 Å². The Morgan fingerprint density at radius 1 is 1.13 bits per heavy atom. The number of carbonyl (C=O) groups excluding carboxylic acids is 3. The summed E-state index contributed by atoms with van der Waals surface area (Å²) in [6, 6.07) is 15.5. The largest absolute Gasteiger partial charge is 0.467 e. The van der Waals surface area contributed by atoms with Crippen LogP contribution in [0.2, 0.25) is 0 Å². The summed E-state index contributed by atoms with van der Waals surface area (Å²) in [5, 5.41) is 8.79. The number of fused-ring (bicyclic) bond motifs is 1. The molecule has 0 saturated carbocycles. The fourth-order valence-corrected chi connectivity index (χ4v) is 3.23. The molecule has 2 aromatic rings. The van der Waals surface area contributed by atoms with Crippen LogP contribution in [0.5, 0.6) is 0 Å². The molecule has 0 N–H and O–H groups in total. The number of carbonyl (C=O) groups is 3. The second kappa shape index (κ2) is 9.52. The molecule has 30 heavy (non-hydrogen) atoms. The Morgan fingerprint density at radius 3 is 2.50 bits per heavy atom. The summed E-state index contributed by atoms with van der Waals surface area (Å²) in [6.45, 7) is -0.236. The van der Waals surface area contributed by atoms with Crippen LogP contribution in [0.1, 0.15) is 22.3 Å². The second-order valence-electron chi connectivity index (χ2n) is 6.71. The van der Waals surface area contributed by atoms with E-state index in [9.17, 15) is 14.4 Å². The smallest absolute Gasteiger partial charge is 0.331 e. The molecule has 1 aliphatic rings. The van der Waals surface area contributed by atoms with Crippen molar-refractivity contribution in [2.24, 2.45) is 0 Å². The first kappa shape index (κ1) is 20.8. The van der Waals surface area contributed by atoms with Crippen molar-refractivity contribution in [3.8, 4) is 6.07 Å². The molecule has 0 saturated heterocycles. The highest BCUT2D eigenvalue weighted by Gasteiger charge is 2.35. The number of hydrogen-bond acceptors (Lipinski definition) is 6. The molecular weight excluding hydrogens is 384 g/mol. The Kier molecular flexibility index (Phi) is 6.60. The fraction of sp³-hybridized carbons (Fsp3) is 0.217. The lowest BCUT2D eigenvalue weighted by Gasteiger charge is -2.35. The van der Waals surface area contributed by atoms with E-state index in [1.165, 1.54) is 24.2 Å². The molecule has 7 nitrogen and oxygen atoms in total. The summed E-state index contributed by atoms with van der Waals surface area (Å²) in [4.78, 5) is 38.2. The maximum absolute atomic E-state index is 12.7. The van der Waals surface area contributed by atoms with Gasteiger partial charge in [0, 0.05) is 19.0 Å². The molecular formula is C23H20N2O5. The third kappa shape index (κ3) is 4.92. The van der Waals surface area contributed by atoms with Crippen LogP contribution in [-0.4, -0.2) is 42.5 Å². The van der Waals surface area contributed by atoms with E-state index in [-0.39, 0.29) is 6.54 Å². The number of esters is 2. The second-order valence-corrected chi connectivity index (χ2v) is 6.71. The van der Waals surface area contributed by atoms with Gasteiger partial charge in [-0.15, -0.1) is 0 Å². The maximum Gasteiger partial charge on any atom is 0.331 e. The maximum atomic E-state index is 12.7. The van der Waals surface area contributed by atoms with Crippen molar-refractivity contribution in [3.63, 3.8) is 0 Å². The first-order chi connectivity index (χ1) is 14.5. The molecule has 0 aromatic heterocycles. The van der Waals surface area contributed by atoms with E-state index in [4.69, 9.17) is 14.7 Å². The SMILES string of the molecule is COC(=O)[C@@H]1Cc2ccccc2CN1C(=O)COC(=O)/C=C/c1ccc(C#N)cc1. The van der Waals surface area contributed by atoms with E-state index in [0.717, 1.165) is 16.7 Å². The number of hydrogen-bond donors (Lipinski definition) is 0. The van der Waals surface area contributed by atoms with Gasteiger partial charge >= 0.3 is 11.9 Å². The number of amides is 1. The van der Waals surface area contributed by atoms with E-state index in [2.05, 4.69) is 0 Å². The minimum Gasteiger partial charge on any atom is -0.467 e. The molecule has 0 spiro atoms. The Labute approximate surface area is 174 Å². The number of rotatable bonds is 5. The number of nitrogens with zero attached hydrogens (tertiary/aromatic N) is 2. The average molecular weight is 404 g/mol. The zero-order chi connectivity index (χ0) is 21.5. The minimum absolute atomic E-state index is 0.243. The van der Waals surface area contributed by atoms with Crippen molar-refractivity contribution in [2.45, 2.75) is 19.0 Å². The van der Waals surface area contributed by atoms with E-state index < -0.39 is 30.5 Å². The van der Waals surface area contributed by atoms with Gasteiger partial charge in [-0.2, -0.15) is 5.26 Å². The molecule has 1 aliphatic heterocycles. The van der Waals surface area contributed by atoms with Crippen LogP contribution < -0.4 is 0 Å².